The van der Waals surface area contributed by atoms with E-state index in [1.165, 1.54) is 22.8 Å². The van der Waals surface area contributed by atoms with Crippen LogP contribution in [0.2, 0.25) is 5.02 Å². The third-order valence-electron chi connectivity index (χ3n) is 4.55. The molecule has 0 unspecified atom stereocenters. The standard InChI is InChI=1S/C20H16ClF3N6O4S/c1-29-16(9-25-18(32)11-3-2-4-13(7-11)30(33)34)27-28-19(29)35-10-17(31)26-15-8-12(20(22,23)24)5-6-14(15)21/h2-8H,9-10H2,1H3,(H,25,32)(H,26,31). The fraction of sp³-hybridized carbons (Fsp3) is 0.200. The molecule has 0 aliphatic rings. The summed E-state index contributed by atoms with van der Waals surface area (Å²) in [6.07, 6.45) is -4.58. The van der Waals surface area contributed by atoms with Gasteiger partial charge in [0.05, 0.1) is 33.5 Å². The molecule has 0 saturated carbocycles. The number of hydrogen-bond acceptors (Lipinski definition) is 7. The molecule has 0 saturated heterocycles. The highest BCUT2D eigenvalue weighted by Crippen LogP contribution is 2.34. The maximum Gasteiger partial charge on any atom is 0.416 e. The molecule has 0 atom stereocenters. The zero-order valence-electron chi connectivity index (χ0n) is 17.8. The second kappa shape index (κ2) is 10.7. The zero-order chi connectivity index (χ0) is 25.8. The molecule has 10 nitrogen and oxygen atoms in total. The van der Waals surface area contributed by atoms with Gasteiger partial charge in [0.1, 0.15) is 0 Å². The van der Waals surface area contributed by atoms with E-state index in [4.69, 9.17) is 11.6 Å². The molecule has 15 heteroatoms. The number of nitrogens with one attached hydrogen (secondary N) is 2. The number of halogens is 4. The van der Waals surface area contributed by atoms with Gasteiger partial charge < -0.3 is 15.2 Å². The Balaban J connectivity index is 1.57. The lowest BCUT2D eigenvalue weighted by atomic mass is 10.2. The van der Waals surface area contributed by atoms with Crippen LogP contribution < -0.4 is 10.6 Å². The van der Waals surface area contributed by atoms with Gasteiger partial charge in [0, 0.05) is 24.7 Å². The third kappa shape index (κ3) is 6.70. The van der Waals surface area contributed by atoms with Crippen molar-refractivity contribution >= 4 is 46.6 Å². The minimum Gasteiger partial charge on any atom is -0.345 e. The molecule has 2 aromatic carbocycles. The van der Waals surface area contributed by atoms with E-state index in [0.29, 0.717) is 11.0 Å². The van der Waals surface area contributed by atoms with Crippen molar-refractivity contribution in [1.82, 2.24) is 20.1 Å². The van der Waals surface area contributed by atoms with Crippen LogP contribution in [0, 0.1) is 10.1 Å². The van der Waals surface area contributed by atoms with Crippen LogP contribution in [0.3, 0.4) is 0 Å². The van der Waals surface area contributed by atoms with Gasteiger partial charge >= 0.3 is 6.18 Å². The number of rotatable bonds is 8. The van der Waals surface area contributed by atoms with Crippen molar-refractivity contribution in [2.45, 2.75) is 17.9 Å². The van der Waals surface area contributed by atoms with E-state index in [1.807, 2.05) is 0 Å². The molecule has 0 radical (unpaired) electrons. The number of nitro groups is 1. The fourth-order valence-electron chi connectivity index (χ4n) is 2.76. The highest BCUT2D eigenvalue weighted by molar-refractivity contribution is 7.99. The summed E-state index contributed by atoms with van der Waals surface area (Å²) in [5.41, 5.74) is -1.25. The van der Waals surface area contributed by atoms with Crippen molar-refractivity contribution in [3.05, 3.63) is 74.6 Å². The number of thioether (sulfide) groups is 1. The second-order valence-corrected chi connectivity index (χ2v) is 8.33. The number of benzene rings is 2. The molecule has 0 aliphatic heterocycles. The molecular weight excluding hydrogens is 513 g/mol. The summed E-state index contributed by atoms with van der Waals surface area (Å²) < 4.78 is 40.2. The first-order chi connectivity index (χ1) is 16.5. The highest BCUT2D eigenvalue weighted by atomic mass is 35.5. The van der Waals surface area contributed by atoms with Gasteiger partial charge in [0.15, 0.2) is 11.0 Å². The van der Waals surface area contributed by atoms with Crippen molar-refractivity contribution < 1.29 is 27.7 Å². The van der Waals surface area contributed by atoms with Crippen LogP contribution in [0.4, 0.5) is 24.5 Å². The summed E-state index contributed by atoms with van der Waals surface area (Å²) in [5.74, 6) is -1.02. The number of anilines is 1. The first-order valence-corrected chi connectivity index (χ1v) is 11.0. The van der Waals surface area contributed by atoms with Crippen LogP contribution in [0.5, 0.6) is 0 Å². The minimum atomic E-state index is -4.58. The Hall–Kier alpha value is -3.65. The average molecular weight is 529 g/mol. The molecule has 2 amide bonds. The van der Waals surface area contributed by atoms with Crippen molar-refractivity contribution in [3.63, 3.8) is 0 Å². The molecule has 0 spiro atoms. The van der Waals surface area contributed by atoms with E-state index in [9.17, 15) is 32.9 Å². The monoisotopic (exact) mass is 528 g/mol. The summed E-state index contributed by atoms with van der Waals surface area (Å²) in [7, 11) is 1.60. The molecule has 1 aromatic heterocycles. The van der Waals surface area contributed by atoms with Gasteiger partial charge in [-0.15, -0.1) is 10.2 Å². The van der Waals surface area contributed by atoms with Gasteiger partial charge in [-0.05, 0) is 24.3 Å². The van der Waals surface area contributed by atoms with E-state index in [2.05, 4.69) is 20.8 Å². The average Bonchev–Trinajstić information content (AvgIpc) is 3.16. The molecule has 0 fully saturated rings. The van der Waals surface area contributed by atoms with E-state index in [-0.39, 0.29) is 34.3 Å². The number of amides is 2. The van der Waals surface area contributed by atoms with Crippen molar-refractivity contribution in [2.24, 2.45) is 7.05 Å². The number of carbonyl (C=O) groups excluding carboxylic acids is 2. The van der Waals surface area contributed by atoms with Gasteiger partial charge in [-0.3, -0.25) is 19.7 Å². The quantitative estimate of drug-likeness (QED) is 0.256. The molecule has 184 valence electrons. The smallest absolute Gasteiger partial charge is 0.345 e. The molecule has 2 N–H and O–H groups in total. The molecule has 35 heavy (non-hydrogen) atoms. The molecule has 0 aliphatic carbocycles. The summed E-state index contributed by atoms with van der Waals surface area (Å²) in [6, 6.07) is 7.82. The zero-order valence-corrected chi connectivity index (χ0v) is 19.4. The summed E-state index contributed by atoms with van der Waals surface area (Å²) in [4.78, 5) is 34.8. The van der Waals surface area contributed by atoms with Crippen molar-refractivity contribution in [1.29, 1.82) is 0 Å². The Morgan fingerprint density at radius 1 is 1.20 bits per heavy atom. The van der Waals surface area contributed by atoms with Crippen LogP contribution >= 0.6 is 23.4 Å². The van der Waals surface area contributed by atoms with Gasteiger partial charge in [0.25, 0.3) is 11.6 Å². The predicted molar refractivity (Wildman–Crippen MR) is 121 cm³/mol. The van der Waals surface area contributed by atoms with E-state index >= 15 is 0 Å². The minimum absolute atomic E-state index is 0.0440. The first-order valence-electron chi connectivity index (χ1n) is 9.66. The molecule has 3 aromatic rings. The third-order valence-corrected chi connectivity index (χ3v) is 5.90. The van der Waals surface area contributed by atoms with E-state index in [0.717, 1.165) is 36.0 Å². The topological polar surface area (TPSA) is 132 Å². The van der Waals surface area contributed by atoms with Gasteiger partial charge in [-0.2, -0.15) is 13.2 Å². The number of alkyl halides is 3. The number of nitrogens with zero attached hydrogens (tertiary/aromatic N) is 4. The Bertz CT molecular complexity index is 1280. The Labute approximate surface area is 205 Å². The van der Waals surface area contributed by atoms with Crippen LogP contribution in [0.15, 0.2) is 47.6 Å². The first kappa shape index (κ1) is 26.0. The summed E-state index contributed by atoms with van der Waals surface area (Å²) in [6.45, 7) is -0.0440. The van der Waals surface area contributed by atoms with Crippen LogP contribution in [0.25, 0.3) is 0 Å². The fourth-order valence-corrected chi connectivity index (χ4v) is 3.66. The Morgan fingerprint density at radius 3 is 2.63 bits per heavy atom. The Morgan fingerprint density at radius 2 is 1.94 bits per heavy atom. The number of non-ortho nitro benzene ring substituents is 1. The molecule has 0 bridgehead atoms. The van der Waals surface area contributed by atoms with Gasteiger partial charge in [-0.1, -0.05) is 29.4 Å². The SMILES string of the molecule is Cn1c(CNC(=O)c2cccc([N+](=O)[O-])c2)nnc1SCC(=O)Nc1cc(C(F)(F)F)ccc1Cl. The number of aromatic nitrogens is 3. The molecule has 3 rings (SSSR count). The van der Waals surface area contributed by atoms with Gasteiger partial charge in [0.2, 0.25) is 5.91 Å². The Kier molecular flexibility index (Phi) is 7.96. The van der Waals surface area contributed by atoms with Crippen LogP contribution in [-0.4, -0.2) is 37.3 Å². The van der Waals surface area contributed by atoms with Crippen LogP contribution in [0.1, 0.15) is 21.7 Å². The lowest BCUT2D eigenvalue weighted by Gasteiger charge is -2.11. The lowest BCUT2D eigenvalue weighted by molar-refractivity contribution is -0.384. The molecule has 1 heterocycles. The van der Waals surface area contributed by atoms with E-state index < -0.39 is 28.5 Å². The number of carbonyl (C=O) groups is 2. The largest absolute Gasteiger partial charge is 0.416 e. The normalized spacial score (nSPS) is 11.2. The van der Waals surface area contributed by atoms with Crippen molar-refractivity contribution in [3.8, 4) is 0 Å². The van der Waals surface area contributed by atoms with Crippen LogP contribution in [-0.2, 0) is 24.6 Å². The van der Waals surface area contributed by atoms with E-state index in [1.54, 1.807) is 7.05 Å². The number of hydrogen-bond donors (Lipinski definition) is 2. The lowest BCUT2D eigenvalue weighted by Crippen LogP contribution is -2.24. The van der Waals surface area contributed by atoms with Crippen molar-refractivity contribution in [2.75, 3.05) is 11.1 Å². The van der Waals surface area contributed by atoms with Gasteiger partial charge in [-0.25, -0.2) is 0 Å². The predicted octanol–water partition coefficient (Wildman–Crippen LogP) is 4.06. The second-order valence-electron chi connectivity index (χ2n) is 6.98. The highest BCUT2D eigenvalue weighted by Gasteiger charge is 2.31. The maximum absolute atomic E-state index is 12.9. The number of nitro benzene ring substituents is 1. The maximum atomic E-state index is 12.9. The summed E-state index contributed by atoms with van der Waals surface area (Å²) >= 11 is 6.85. The summed E-state index contributed by atoms with van der Waals surface area (Å²) in [5, 5.41) is 23.9. The molecular formula is C20H16ClF3N6O4S.